The first kappa shape index (κ1) is 15.9. The van der Waals surface area contributed by atoms with E-state index in [1.54, 1.807) is 26.0 Å². The lowest BCUT2D eigenvalue weighted by atomic mass is 10.0. The van der Waals surface area contributed by atoms with E-state index in [0.29, 0.717) is 12.1 Å². The zero-order chi connectivity index (χ0) is 15.3. The van der Waals surface area contributed by atoms with Crippen LogP contribution in [-0.2, 0) is 4.79 Å². The fraction of sp³-hybridized carbons (Fsp3) is 0.462. The lowest BCUT2D eigenvalue weighted by molar-refractivity contribution is -0.386. The summed E-state index contributed by atoms with van der Waals surface area (Å²) in [6, 6.07) is 4.69. The van der Waals surface area contributed by atoms with Crippen LogP contribution in [0.25, 0.3) is 0 Å². The highest BCUT2D eigenvalue weighted by atomic mass is 16.6. The van der Waals surface area contributed by atoms with Crippen LogP contribution in [0.2, 0.25) is 0 Å². The van der Waals surface area contributed by atoms with E-state index in [4.69, 9.17) is 4.74 Å². The molecule has 0 aliphatic carbocycles. The number of aliphatic carboxylic acids is 1. The van der Waals surface area contributed by atoms with Gasteiger partial charge in [-0.2, -0.15) is 0 Å². The Kier molecular flexibility index (Phi) is 5.04. The second-order valence-electron chi connectivity index (χ2n) is 4.64. The van der Waals surface area contributed by atoms with Crippen LogP contribution in [-0.4, -0.2) is 34.7 Å². The van der Waals surface area contributed by atoms with Gasteiger partial charge in [-0.25, -0.2) is 0 Å². The number of para-hydroxylation sites is 1. The number of hydrogen-bond donors (Lipinski definition) is 2. The van der Waals surface area contributed by atoms with Gasteiger partial charge in [-0.1, -0.05) is 19.1 Å². The van der Waals surface area contributed by atoms with E-state index in [1.807, 2.05) is 0 Å². The van der Waals surface area contributed by atoms with E-state index in [2.05, 4.69) is 5.32 Å². The topological polar surface area (TPSA) is 102 Å². The summed E-state index contributed by atoms with van der Waals surface area (Å²) in [5.74, 6) is -1.00. The number of aryl methyl sites for hydroxylation is 1. The molecule has 1 aromatic carbocycles. The predicted octanol–water partition coefficient (Wildman–Crippen LogP) is 1.73. The molecule has 1 rings (SSSR count). The van der Waals surface area contributed by atoms with Crippen LogP contribution in [0.5, 0.6) is 5.75 Å². The second-order valence-corrected chi connectivity index (χ2v) is 4.64. The van der Waals surface area contributed by atoms with Gasteiger partial charge in [0.25, 0.3) is 0 Å². The Labute approximate surface area is 116 Å². The number of nitro benzene ring substituents is 1. The van der Waals surface area contributed by atoms with Gasteiger partial charge in [0.15, 0.2) is 5.75 Å². The molecule has 7 heteroatoms. The number of carboxylic acid groups (broad SMARTS) is 1. The molecule has 0 bridgehead atoms. The molecule has 0 amide bonds. The predicted molar refractivity (Wildman–Crippen MR) is 73.0 cm³/mol. The molecule has 0 aromatic heterocycles. The Morgan fingerprint density at radius 1 is 1.55 bits per heavy atom. The standard InChI is InChI=1S/C13H18N2O5/c1-4-14-13(3,12(16)17)8-20-10-7-5-6-9(2)11(10)15(18)19/h5-7,14H,4,8H2,1-3H3,(H,16,17). The van der Waals surface area contributed by atoms with Gasteiger partial charge in [0.1, 0.15) is 12.1 Å². The number of likely N-dealkylation sites (N-methyl/N-ethyl adjacent to an activating group) is 1. The van der Waals surface area contributed by atoms with Gasteiger partial charge in [-0.3, -0.25) is 20.2 Å². The van der Waals surface area contributed by atoms with Crippen molar-refractivity contribution in [2.24, 2.45) is 0 Å². The number of carbonyl (C=O) groups is 1. The molecule has 7 nitrogen and oxygen atoms in total. The molecule has 110 valence electrons. The SMILES string of the molecule is CCNC(C)(COc1cccc(C)c1[N+](=O)[O-])C(=O)O. The first-order valence-corrected chi connectivity index (χ1v) is 6.17. The highest BCUT2D eigenvalue weighted by Crippen LogP contribution is 2.30. The molecule has 0 heterocycles. The average Bonchev–Trinajstić information content (AvgIpc) is 2.36. The number of carboxylic acids is 1. The number of rotatable bonds is 7. The lowest BCUT2D eigenvalue weighted by Crippen LogP contribution is -2.53. The molecule has 1 atom stereocenters. The van der Waals surface area contributed by atoms with Crippen molar-refractivity contribution in [1.82, 2.24) is 5.32 Å². The minimum Gasteiger partial charge on any atom is -0.484 e. The molecule has 0 saturated carbocycles. The van der Waals surface area contributed by atoms with Crippen LogP contribution in [0.4, 0.5) is 5.69 Å². The van der Waals surface area contributed by atoms with Crippen molar-refractivity contribution in [3.8, 4) is 5.75 Å². The van der Waals surface area contributed by atoms with Gasteiger partial charge < -0.3 is 9.84 Å². The van der Waals surface area contributed by atoms with Crippen molar-refractivity contribution in [1.29, 1.82) is 0 Å². The van der Waals surface area contributed by atoms with E-state index in [0.717, 1.165) is 0 Å². The Balaban J connectivity index is 2.97. The van der Waals surface area contributed by atoms with Crippen molar-refractivity contribution < 1.29 is 19.6 Å². The van der Waals surface area contributed by atoms with Crippen molar-refractivity contribution >= 4 is 11.7 Å². The lowest BCUT2D eigenvalue weighted by Gasteiger charge is -2.25. The van der Waals surface area contributed by atoms with Gasteiger partial charge in [-0.15, -0.1) is 0 Å². The van der Waals surface area contributed by atoms with Gasteiger partial charge in [-0.05, 0) is 26.5 Å². The summed E-state index contributed by atoms with van der Waals surface area (Å²) < 4.78 is 5.37. The minimum absolute atomic E-state index is 0.0698. The summed E-state index contributed by atoms with van der Waals surface area (Å²) in [7, 11) is 0. The maximum absolute atomic E-state index is 11.2. The van der Waals surface area contributed by atoms with E-state index in [-0.39, 0.29) is 18.0 Å². The number of nitrogens with one attached hydrogen (secondary N) is 1. The Morgan fingerprint density at radius 2 is 2.20 bits per heavy atom. The van der Waals surface area contributed by atoms with Crippen LogP contribution in [0.1, 0.15) is 19.4 Å². The second kappa shape index (κ2) is 6.33. The number of nitro groups is 1. The molecule has 2 N–H and O–H groups in total. The summed E-state index contributed by atoms with van der Waals surface area (Å²) in [6.45, 7) is 5.09. The fourth-order valence-electron chi connectivity index (χ4n) is 1.78. The van der Waals surface area contributed by atoms with Crippen LogP contribution in [0.3, 0.4) is 0 Å². The van der Waals surface area contributed by atoms with E-state index in [1.165, 1.54) is 13.0 Å². The number of ether oxygens (including phenoxy) is 1. The van der Waals surface area contributed by atoms with E-state index >= 15 is 0 Å². The van der Waals surface area contributed by atoms with Crippen LogP contribution in [0.15, 0.2) is 18.2 Å². The van der Waals surface area contributed by atoms with Gasteiger partial charge in [0.2, 0.25) is 0 Å². The van der Waals surface area contributed by atoms with E-state index in [9.17, 15) is 20.0 Å². The summed E-state index contributed by atoms with van der Waals surface area (Å²) in [6.07, 6.45) is 0. The molecule has 20 heavy (non-hydrogen) atoms. The average molecular weight is 282 g/mol. The highest BCUT2D eigenvalue weighted by molar-refractivity contribution is 5.78. The summed E-state index contributed by atoms with van der Waals surface area (Å²) in [5, 5.41) is 23.0. The zero-order valence-electron chi connectivity index (χ0n) is 11.7. The highest BCUT2D eigenvalue weighted by Gasteiger charge is 2.34. The molecule has 0 aliphatic rings. The first-order valence-electron chi connectivity index (χ1n) is 6.17. The molecule has 0 fully saturated rings. The van der Waals surface area contributed by atoms with Gasteiger partial charge in [0, 0.05) is 5.56 Å². The summed E-state index contributed by atoms with van der Waals surface area (Å²) >= 11 is 0. The molecule has 0 saturated heterocycles. The fourth-order valence-corrected chi connectivity index (χ4v) is 1.78. The molecule has 0 spiro atoms. The molecular weight excluding hydrogens is 264 g/mol. The Hall–Kier alpha value is -2.15. The third kappa shape index (κ3) is 3.45. The van der Waals surface area contributed by atoms with Crippen LogP contribution in [0, 0.1) is 17.0 Å². The van der Waals surface area contributed by atoms with Crippen molar-refractivity contribution in [2.45, 2.75) is 26.3 Å². The third-order valence-electron chi connectivity index (χ3n) is 2.94. The molecule has 1 aromatic rings. The third-order valence-corrected chi connectivity index (χ3v) is 2.94. The number of benzene rings is 1. The maximum atomic E-state index is 11.2. The first-order chi connectivity index (χ1) is 9.31. The number of hydrogen-bond acceptors (Lipinski definition) is 5. The Morgan fingerprint density at radius 3 is 2.70 bits per heavy atom. The quantitative estimate of drug-likeness (QED) is 0.583. The molecule has 0 radical (unpaired) electrons. The molecular formula is C13H18N2O5. The summed E-state index contributed by atoms with van der Waals surface area (Å²) in [5.41, 5.74) is -0.975. The Bertz CT molecular complexity index is 517. The normalized spacial score (nSPS) is 13.6. The smallest absolute Gasteiger partial charge is 0.327 e. The van der Waals surface area contributed by atoms with Gasteiger partial charge in [0.05, 0.1) is 4.92 Å². The van der Waals surface area contributed by atoms with Crippen molar-refractivity contribution in [2.75, 3.05) is 13.2 Å². The van der Waals surface area contributed by atoms with E-state index < -0.39 is 16.4 Å². The number of nitrogens with zero attached hydrogens (tertiary/aromatic N) is 1. The van der Waals surface area contributed by atoms with Crippen LogP contribution < -0.4 is 10.1 Å². The zero-order valence-corrected chi connectivity index (χ0v) is 11.7. The summed E-state index contributed by atoms with van der Waals surface area (Å²) in [4.78, 5) is 21.7. The van der Waals surface area contributed by atoms with Gasteiger partial charge >= 0.3 is 11.7 Å². The maximum Gasteiger partial charge on any atom is 0.327 e. The largest absolute Gasteiger partial charge is 0.484 e. The molecule has 0 aliphatic heterocycles. The minimum atomic E-state index is -1.30. The van der Waals surface area contributed by atoms with Crippen molar-refractivity contribution in [3.05, 3.63) is 33.9 Å². The van der Waals surface area contributed by atoms with Crippen molar-refractivity contribution in [3.63, 3.8) is 0 Å². The van der Waals surface area contributed by atoms with Crippen LogP contribution >= 0.6 is 0 Å². The molecule has 1 unspecified atom stereocenters. The monoisotopic (exact) mass is 282 g/mol.